The monoisotopic (exact) mass is 325 g/mol. The Morgan fingerprint density at radius 1 is 0.917 bits per heavy atom. The fourth-order valence-electron chi connectivity index (χ4n) is 4.50. The van der Waals surface area contributed by atoms with E-state index in [1.54, 1.807) is 11.3 Å². The van der Waals surface area contributed by atoms with Gasteiger partial charge in [-0.25, -0.2) is 0 Å². The van der Waals surface area contributed by atoms with E-state index in [1.165, 1.54) is 94.4 Å². The first kappa shape index (κ1) is 17.6. The van der Waals surface area contributed by atoms with Crippen LogP contribution in [0.15, 0.2) is 24.3 Å². The lowest BCUT2D eigenvalue weighted by molar-refractivity contribution is 0.476. The Hall–Kier alpha value is -1.24. The number of H-pyrrole nitrogens is 1. The first-order valence-corrected chi connectivity index (χ1v) is 10.5. The van der Waals surface area contributed by atoms with E-state index in [-0.39, 0.29) is 0 Å². The van der Waals surface area contributed by atoms with Gasteiger partial charge in [0.05, 0.1) is 0 Å². The third-order valence-corrected chi connectivity index (χ3v) is 5.89. The third kappa shape index (κ3) is 4.43. The molecule has 0 aliphatic heterocycles. The maximum Gasteiger partial charge on any atom is 0.0459 e. The van der Waals surface area contributed by atoms with Crippen molar-refractivity contribution in [2.75, 3.05) is 0 Å². The Morgan fingerprint density at radius 2 is 1.62 bits per heavy atom. The van der Waals surface area contributed by atoms with Crippen LogP contribution in [0.2, 0.25) is 0 Å². The zero-order valence-electron chi connectivity index (χ0n) is 15.6. The van der Waals surface area contributed by atoms with Crippen LogP contribution >= 0.6 is 0 Å². The largest absolute Gasteiger partial charge is 0.358 e. The van der Waals surface area contributed by atoms with E-state index in [9.17, 15) is 0 Å². The van der Waals surface area contributed by atoms with E-state index in [0.717, 1.165) is 5.92 Å². The molecule has 1 unspecified atom stereocenters. The van der Waals surface area contributed by atoms with E-state index in [2.05, 4.69) is 36.2 Å². The third-order valence-electron chi connectivity index (χ3n) is 5.89. The van der Waals surface area contributed by atoms with Crippen molar-refractivity contribution in [3.05, 3.63) is 35.5 Å². The lowest BCUT2D eigenvalue weighted by Gasteiger charge is -2.22. The molecule has 3 rings (SSSR count). The molecule has 1 aliphatic carbocycles. The van der Waals surface area contributed by atoms with E-state index in [4.69, 9.17) is 0 Å². The number of benzene rings is 1. The minimum Gasteiger partial charge on any atom is -0.358 e. The molecule has 0 saturated heterocycles. The van der Waals surface area contributed by atoms with E-state index in [0.29, 0.717) is 0 Å². The van der Waals surface area contributed by atoms with Gasteiger partial charge in [0.2, 0.25) is 0 Å². The maximum atomic E-state index is 3.75. The number of para-hydroxylation sites is 1. The Morgan fingerprint density at radius 3 is 2.42 bits per heavy atom. The van der Waals surface area contributed by atoms with Crippen molar-refractivity contribution in [1.29, 1.82) is 0 Å². The minimum atomic E-state index is 0.783. The summed E-state index contributed by atoms with van der Waals surface area (Å²) in [5.41, 5.74) is 4.54. The van der Waals surface area contributed by atoms with Crippen LogP contribution in [0.1, 0.15) is 101 Å². The molecule has 0 spiro atoms. The molecule has 0 bridgehead atoms. The van der Waals surface area contributed by atoms with Crippen LogP contribution in [-0.2, 0) is 6.42 Å². The van der Waals surface area contributed by atoms with Crippen LogP contribution in [0, 0.1) is 0 Å². The number of fused-ring (bicyclic) bond motifs is 3. The molecule has 132 valence electrons. The van der Waals surface area contributed by atoms with Gasteiger partial charge in [-0.3, -0.25) is 0 Å². The summed E-state index contributed by atoms with van der Waals surface area (Å²) < 4.78 is 0. The highest BCUT2D eigenvalue weighted by atomic mass is 14.7. The highest BCUT2D eigenvalue weighted by Crippen LogP contribution is 2.38. The topological polar surface area (TPSA) is 15.8 Å². The molecule has 0 radical (unpaired) electrons. The molecular formula is C23H35N. The Bertz CT molecular complexity index is 610. The molecule has 1 heteroatoms. The Balaban J connectivity index is 1.41. The van der Waals surface area contributed by atoms with Crippen molar-refractivity contribution in [2.45, 2.75) is 96.3 Å². The van der Waals surface area contributed by atoms with Crippen molar-refractivity contribution in [3.8, 4) is 0 Å². The number of hydrogen-bond donors (Lipinski definition) is 1. The molecule has 1 heterocycles. The minimum absolute atomic E-state index is 0.783. The molecule has 1 N–H and O–H groups in total. The average molecular weight is 326 g/mol. The fraction of sp³-hybridized carbons (Fsp3) is 0.652. The molecule has 1 atom stereocenters. The summed E-state index contributed by atoms with van der Waals surface area (Å²) in [7, 11) is 0. The summed E-state index contributed by atoms with van der Waals surface area (Å²) in [6.07, 6.45) is 18.3. The number of nitrogens with one attached hydrogen (secondary N) is 1. The molecule has 1 aromatic heterocycles. The van der Waals surface area contributed by atoms with Crippen LogP contribution < -0.4 is 0 Å². The molecule has 1 aliphatic rings. The van der Waals surface area contributed by atoms with Crippen LogP contribution in [0.25, 0.3) is 10.9 Å². The maximum absolute atomic E-state index is 3.75. The molecule has 0 amide bonds. The Labute approximate surface area is 148 Å². The van der Waals surface area contributed by atoms with Gasteiger partial charge in [-0.15, -0.1) is 0 Å². The van der Waals surface area contributed by atoms with Crippen molar-refractivity contribution in [2.24, 2.45) is 0 Å². The first-order valence-electron chi connectivity index (χ1n) is 10.5. The number of rotatable bonds is 10. The van der Waals surface area contributed by atoms with Crippen LogP contribution in [-0.4, -0.2) is 4.98 Å². The molecule has 1 nitrogen and oxygen atoms in total. The van der Waals surface area contributed by atoms with Crippen molar-refractivity contribution in [3.63, 3.8) is 0 Å². The average Bonchev–Trinajstić information content (AvgIpc) is 3.00. The summed E-state index contributed by atoms with van der Waals surface area (Å²) in [6, 6.07) is 8.87. The van der Waals surface area contributed by atoms with Crippen molar-refractivity contribution >= 4 is 10.9 Å². The second kappa shape index (κ2) is 9.30. The van der Waals surface area contributed by atoms with E-state index >= 15 is 0 Å². The molecule has 2 aromatic rings. The standard InChI is InChI=1S/C23H35N/c1-2-3-4-5-6-7-8-9-10-14-19-15-13-17-21-20-16-11-12-18-22(20)24-23(19)21/h11-12,16,18-19,24H,2-10,13-15,17H2,1H3. The van der Waals surface area contributed by atoms with Gasteiger partial charge in [0, 0.05) is 16.6 Å². The molecule has 0 fully saturated rings. The van der Waals surface area contributed by atoms with Crippen molar-refractivity contribution < 1.29 is 0 Å². The van der Waals surface area contributed by atoms with Gasteiger partial charge in [-0.05, 0) is 43.2 Å². The van der Waals surface area contributed by atoms with Crippen LogP contribution in [0.5, 0.6) is 0 Å². The second-order valence-corrected chi connectivity index (χ2v) is 7.77. The SMILES string of the molecule is CCCCCCCCCCCC1CCCc2c1[nH]c1ccccc21. The predicted molar refractivity (Wildman–Crippen MR) is 106 cm³/mol. The predicted octanol–water partition coefficient (Wildman–Crippen LogP) is 7.51. The van der Waals surface area contributed by atoms with Gasteiger partial charge in [-0.1, -0.05) is 82.9 Å². The number of hydrogen-bond acceptors (Lipinski definition) is 0. The van der Waals surface area contributed by atoms with E-state index in [1.807, 2.05) is 0 Å². The highest BCUT2D eigenvalue weighted by molar-refractivity contribution is 5.85. The van der Waals surface area contributed by atoms with Gasteiger partial charge < -0.3 is 4.98 Å². The van der Waals surface area contributed by atoms with E-state index < -0.39 is 0 Å². The first-order chi connectivity index (χ1) is 11.9. The van der Waals surface area contributed by atoms with Crippen molar-refractivity contribution in [1.82, 2.24) is 4.98 Å². The smallest absolute Gasteiger partial charge is 0.0459 e. The highest BCUT2D eigenvalue weighted by Gasteiger charge is 2.23. The summed E-state index contributed by atoms with van der Waals surface area (Å²) in [5, 5.41) is 1.48. The normalized spacial score (nSPS) is 17.3. The lowest BCUT2D eigenvalue weighted by Crippen LogP contribution is -2.09. The van der Waals surface area contributed by atoms with Gasteiger partial charge in [0.15, 0.2) is 0 Å². The number of aromatic amines is 1. The zero-order chi connectivity index (χ0) is 16.6. The summed E-state index contributed by atoms with van der Waals surface area (Å²) in [4.78, 5) is 3.75. The Kier molecular flexibility index (Phi) is 6.81. The van der Waals surface area contributed by atoms with Crippen LogP contribution in [0.4, 0.5) is 0 Å². The molecular weight excluding hydrogens is 290 g/mol. The summed E-state index contributed by atoms with van der Waals surface area (Å²) >= 11 is 0. The quantitative estimate of drug-likeness (QED) is 0.435. The van der Waals surface area contributed by atoms with Crippen LogP contribution in [0.3, 0.4) is 0 Å². The fourth-order valence-corrected chi connectivity index (χ4v) is 4.50. The number of aryl methyl sites for hydroxylation is 1. The molecule has 24 heavy (non-hydrogen) atoms. The zero-order valence-corrected chi connectivity index (χ0v) is 15.6. The number of unbranched alkanes of at least 4 members (excludes halogenated alkanes) is 8. The summed E-state index contributed by atoms with van der Waals surface area (Å²) in [6.45, 7) is 2.30. The number of aromatic nitrogens is 1. The lowest BCUT2D eigenvalue weighted by atomic mass is 9.83. The van der Waals surface area contributed by atoms with Gasteiger partial charge >= 0.3 is 0 Å². The summed E-state index contributed by atoms with van der Waals surface area (Å²) in [5.74, 6) is 0.783. The van der Waals surface area contributed by atoms with Gasteiger partial charge in [0.25, 0.3) is 0 Å². The second-order valence-electron chi connectivity index (χ2n) is 7.77. The molecule has 0 saturated carbocycles. The van der Waals surface area contributed by atoms with Gasteiger partial charge in [-0.2, -0.15) is 0 Å². The molecule has 1 aromatic carbocycles. The van der Waals surface area contributed by atoms with Gasteiger partial charge in [0.1, 0.15) is 0 Å².